The third kappa shape index (κ3) is 3.23. The highest BCUT2D eigenvalue weighted by molar-refractivity contribution is 5.75. The van der Waals surface area contributed by atoms with Crippen LogP contribution in [0.25, 0.3) is 0 Å². The topological polar surface area (TPSA) is 81.5 Å². The summed E-state index contributed by atoms with van der Waals surface area (Å²) in [5.41, 5.74) is 1.27. The Morgan fingerprint density at radius 1 is 1.50 bits per heavy atom. The first-order chi connectivity index (χ1) is 7.52. The largest absolute Gasteiger partial charge is 0.468 e. The number of ether oxygens (including phenoxy) is 1. The molecule has 6 nitrogen and oxygen atoms in total. The van der Waals surface area contributed by atoms with Crippen molar-refractivity contribution in [3.63, 3.8) is 0 Å². The molecule has 0 aliphatic rings. The van der Waals surface area contributed by atoms with E-state index in [1.165, 1.54) is 19.2 Å². The molecule has 1 aromatic carbocycles. The number of nitrogens with zero attached hydrogens (tertiary/aromatic N) is 1. The van der Waals surface area contributed by atoms with Gasteiger partial charge >= 0.3 is 5.97 Å². The van der Waals surface area contributed by atoms with Gasteiger partial charge in [-0.05, 0) is 18.6 Å². The molecule has 1 rings (SSSR count). The maximum absolute atomic E-state index is 10.9. The fourth-order valence-electron chi connectivity index (χ4n) is 1.22. The van der Waals surface area contributed by atoms with Gasteiger partial charge in [0.05, 0.1) is 12.0 Å². The number of methoxy groups -OCH3 is 1. The second-order valence-electron chi connectivity index (χ2n) is 3.24. The van der Waals surface area contributed by atoms with Crippen molar-refractivity contribution in [2.75, 3.05) is 19.0 Å². The van der Waals surface area contributed by atoms with Crippen molar-refractivity contribution < 1.29 is 14.5 Å². The number of benzene rings is 1. The predicted octanol–water partition coefficient (Wildman–Crippen LogP) is 1.49. The van der Waals surface area contributed by atoms with E-state index in [1.807, 2.05) is 0 Å². The Hall–Kier alpha value is -2.11. The number of hydrogen-bond donors (Lipinski definition) is 1. The van der Waals surface area contributed by atoms with Gasteiger partial charge in [0.25, 0.3) is 5.69 Å². The molecule has 0 radical (unpaired) electrons. The fourth-order valence-corrected chi connectivity index (χ4v) is 1.22. The molecule has 0 fully saturated rings. The Bertz CT molecular complexity index is 417. The highest BCUT2D eigenvalue weighted by Crippen LogP contribution is 2.20. The number of rotatable bonds is 4. The average Bonchev–Trinajstić information content (AvgIpc) is 2.25. The zero-order valence-electron chi connectivity index (χ0n) is 9.02. The number of non-ortho nitro benzene ring substituents is 1. The molecule has 0 saturated heterocycles. The van der Waals surface area contributed by atoms with Crippen LogP contribution in [0.3, 0.4) is 0 Å². The molecule has 0 unspecified atom stereocenters. The van der Waals surface area contributed by atoms with Gasteiger partial charge in [-0.25, -0.2) is 0 Å². The summed E-state index contributed by atoms with van der Waals surface area (Å²) in [5.74, 6) is -0.427. The standard InChI is InChI=1S/C10H12N2O4/c1-7-3-8(11-6-10(13)16-2)5-9(4-7)12(14)15/h3-5,11H,6H2,1-2H3. The fraction of sp³-hybridized carbons (Fsp3) is 0.300. The number of nitrogens with one attached hydrogen (secondary N) is 1. The second-order valence-corrected chi connectivity index (χ2v) is 3.24. The number of esters is 1. The molecule has 6 heteroatoms. The van der Waals surface area contributed by atoms with Crippen LogP contribution in [-0.4, -0.2) is 24.5 Å². The molecule has 0 aliphatic heterocycles. The van der Waals surface area contributed by atoms with Gasteiger partial charge < -0.3 is 10.1 Å². The first kappa shape index (κ1) is 12.0. The molecule has 0 aliphatic carbocycles. The Labute approximate surface area is 92.4 Å². The molecule has 86 valence electrons. The zero-order valence-corrected chi connectivity index (χ0v) is 9.02. The van der Waals surface area contributed by atoms with Crippen molar-refractivity contribution in [1.29, 1.82) is 0 Å². The van der Waals surface area contributed by atoms with Gasteiger partial charge in [0.2, 0.25) is 0 Å². The smallest absolute Gasteiger partial charge is 0.325 e. The summed E-state index contributed by atoms with van der Waals surface area (Å²) in [6, 6.07) is 4.55. The summed E-state index contributed by atoms with van der Waals surface area (Å²) in [4.78, 5) is 21.0. The molecule has 0 bridgehead atoms. The number of anilines is 1. The molecular formula is C10H12N2O4. The summed E-state index contributed by atoms with van der Waals surface area (Å²) in [6.45, 7) is 1.73. The number of nitro benzene ring substituents is 1. The summed E-state index contributed by atoms with van der Waals surface area (Å²) in [5, 5.41) is 13.3. The van der Waals surface area contributed by atoms with E-state index in [2.05, 4.69) is 10.1 Å². The van der Waals surface area contributed by atoms with E-state index in [0.29, 0.717) is 5.69 Å². The summed E-state index contributed by atoms with van der Waals surface area (Å²) >= 11 is 0. The Morgan fingerprint density at radius 3 is 2.75 bits per heavy atom. The Morgan fingerprint density at radius 2 is 2.19 bits per heavy atom. The molecule has 1 aromatic rings. The lowest BCUT2D eigenvalue weighted by molar-refractivity contribution is -0.384. The lowest BCUT2D eigenvalue weighted by atomic mass is 10.2. The van der Waals surface area contributed by atoms with Crippen LogP contribution in [0, 0.1) is 17.0 Å². The molecule has 0 amide bonds. The van der Waals surface area contributed by atoms with Crippen molar-refractivity contribution in [3.8, 4) is 0 Å². The van der Waals surface area contributed by atoms with Crippen LogP contribution < -0.4 is 5.32 Å². The molecule has 0 saturated carbocycles. The van der Waals surface area contributed by atoms with E-state index in [1.54, 1.807) is 13.0 Å². The van der Waals surface area contributed by atoms with Crippen LogP contribution in [0.2, 0.25) is 0 Å². The van der Waals surface area contributed by atoms with Crippen LogP contribution in [0.1, 0.15) is 5.56 Å². The van der Waals surface area contributed by atoms with E-state index in [-0.39, 0.29) is 12.2 Å². The first-order valence-corrected chi connectivity index (χ1v) is 4.59. The van der Waals surface area contributed by atoms with Gasteiger partial charge in [0.1, 0.15) is 6.54 Å². The molecule has 16 heavy (non-hydrogen) atoms. The molecule has 0 spiro atoms. The van der Waals surface area contributed by atoms with Gasteiger partial charge in [-0.1, -0.05) is 0 Å². The predicted molar refractivity (Wildman–Crippen MR) is 58.3 cm³/mol. The molecule has 0 atom stereocenters. The van der Waals surface area contributed by atoms with Crippen molar-refractivity contribution >= 4 is 17.3 Å². The monoisotopic (exact) mass is 224 g/mol. The minimum atomic E-state index is -0.476. The van der Waals surface area contributed by atoms with Crippen LogP contribution in [0.15, 0.2) is 18.2 Å². The van der Waals surface area contributed by atoms with E-state index in [9.17, 15) is 14.9 Å². The zero-order chi connectivity index (χ0) is 12.1. The van der Waals surface area contributed by atoms with Crippen LogP contribution in [0.5, 0.6) is 0 Å². The normalized spacial score (nSPS) is 9.62. The summed E-state index contributed by atoms with van der Waals surface area (Å²) in [7, 11) is 1.28. The first-order valence-electron chi connectivity index (χ1n) is 4.59. The van der Waals surface area contributed by atoms with E-state index in [4.69, 9.17) is 0 Å². The molecule has 0 heterocycles. The number of carbonyl (C=O) groups is 1. The van der Waals surface area contributed by atoms with E-state index >= 15 is 0 Å². The van der Waals surface area contributed by atoms with E-state index in [0.717, 1.165) is 5.56 Å². The average molecular weight is 224 g/mol. The minimum Gasteiger partial charge on any atom is -0.468 e. The Kier molecular flexibility index (Phi) is 3.82. The lowest BCUT2D eigenvalue weighted by Crippen LogP contribution is -2.15. The highest BCUT2D eigenvalue weighted by Gasteiger charge is 2.08. The summed E-state index contributed by atoms with van der Waals surface area (Å²) < 4.78 is 4.44. The maximum atomic E-state index is 10.9. The van der Waals surface area contributed by atoms with Crippen molar-refractivity contribution in [1.82, 2.24) is 0 Å². The van der Waals surface area contributed by atoms with Crippen molar-refractivity contribution in [3.05, 3.63) is 33.9 Å². The van der Waals surface area contributed by atoms with Crippen LogP contribution >= 0.6 is 0 Å². The van der Waals surface area contributed by atoms with Gasteiger partial charge in [-0.15, -0.1) is 0 Å². The van der Waals surface area contributed by atoms with Crippen molar-refractivity contribution in [2.45, 2.75) is 6.92 Å². The Balaban J connectivity index is 2.80. The third-order valence-corrected chi connectivity index (χ3v) is 1.94. The SMILES string of the molecule is COC(=O)CNc1cc(C)cc([N+](=O)[O-])c1. The number of nitro groups is 1. The maximum Gasteiger partial charge on any atom is 0.325 e. The van der Waals surface area contributed by atoms with Gasteiger partial charge in [0, 0.05) is 17.8 Å². The highest BCUT2D eigenvalue weighted by atomic mass is 16.6. The van der Waals surface area contributed by atoms with Crippen LogP contribution in [-0.2, 0) is 9.53 Å². The number of aryl methyl sites for hydroxylation is 1. The van der Waals surface area contributed by atoms with Gasteiger partial charge in [-0.2, -0.15) is 0 Å². The number of carbonyl (C=O) groups excluding carboxylic acids is 1. The minimum absolute atomic E-state index is 0.00707. The van der Waals surface area contributed by atoms with Gasteiger partial charge in [-0.3, -0.25) is 14.9 Å². The van der Waals surface area contributed by atoms with Crippen LogP contribution in [0.4, 0.5) is 11.4 Å². The quantitative estimate of drug-likeness (QED) is 0.476. The second kappa shape index (κ2) is 5.11. The molecular weight excluding hydrogens is 212 g/mol. The molecule has 0 aromatic heterocycles. The third-order valence-electron chi connectivity index (χ3n) is 1.94. The molecule has 1 N–H and O–H groups in total. The lowest BCUT2D eigenvalue weighted by Gasteiger charge is -2.05. The van der Waals surface area contributed by atoms with Crippen molar-refractivity contribution in [2.24, 2.45) is 0 Å². The van der Waals surface area contributed by atoms with Gasteiger partial charge in [0.15, 0.2) is 0 Å². The number of hydrogen-bond acceptors (Lipinski definition) is 5. The summed E-state index contributed by atoms with van der Waals surface area (Å²) in [6.07, 6.45) is 0. The van der Waals surface area contributed by atoms with E-state index < -0.39 is 10.9 Å².